The number of aryl methyl sites for hydroxylation is 1. The number of aromatic nitrogens is 2. The number of hydrogen-bond acceptors (Lipinski definition) is 4. The summed E-state index contributed by atoms with van der Waals surface area (Å²) in [6.07, 6.45) is 4.51. The van der Waals surface area contributed by atoms with Crippen LogP contribution < -0.4 is 5.32 Å². The lowest BCUT2D eigenvalue weighted by molar-refractivity contribution is -0.384. The third-order valence-corrected chi connectivity index (χ3v) is 3.37. The van der Waals surface area contributed by atoms with Crippen molar-refractivity contribution in [3.05, 3.63) is 62.9 Å². The Kier molecular flexibility index (Phi) is 5.48. The van der Waals surface area contributed by atoms with Gasteiger partial charge in [-0.15, -0.1) is 0 Å². The van der Waals surface area contributed by atoms with Crippen molar-refractivity contribution in [2.75, 3.05) is 0 Å². The Balaban J connectivity index is 1.95. The standard InChI is InChI=1S/C15H15ClN4O3/c1-2-19-10-13(16)14(18-19)9-17-15(21)7-6-11-4-3-5-12(8-11)20(22)23/h3-8,10H,2,9H2,1H3,(H,17,21)/b7-6+. The molecule has 2 aromatic rings. The topological polar surface area (TPSA) is 90.1 Å². The molecule has 1 aromatic heterocycles. The Hall–Kier alpha value is -2.67. The SMILES string of the molecule is CCn1cc(Cl)c(CNC(=O)/C=C/c2cccc([N+](=O)[O-])c2)n1. The summed E-state index contributed by atoms with van der Waals surface area (Å²) >= 11 is 6.01. The molecule has 23 heavy (non-hydrogen) atoms. The Morgan fingerprint density at radius 2 is 2.30 bits per heavy atom. The maximum atomic E-state index is 11.8. The summed E-state index contributed by atoms with van der Waals surface area (Å²) in [6.45, 7) is 2.85. The highest BCUT2D eigenvalue weighted by Crippen LogP contribution is 2.15. The summed E-state index contributed by atoms with van der Waals surface area (Å²) in [5.41, 5.74) is 1.14. The molecule has 0 bridgehead atoms. The Bertz CT molecular complexity index is 755. The van der Waals surface area contributed by atoms with E-state index in [9.17, 15) is 14.9 Å². The number of nitro benzene ring substituents is 1. The van der Waals surface area contributed by atoms with Crippen LogP contribution in [0.5, 0.6) is 0 Å². The van der Waals surface area contributed by atoms with Crippen LogP contribution >= 0.6 is 11.6 Å². The molecule has 0 spiro atoms. The Morgan fingerprint density at radius 3 is 2.96 bits per heavy atom. The zero-order valence-electron chi connectivity index (χ0n) is 12.4. The van der Waals surface area contributed by atoms with Gasteiger partial charge in [0.25, 0.3) is 5.69 Å². The number of carbonyl (C=O) groups excluding carboxylic acids is 1. The van der Waals surface area contributed by atoms with E-state index in [-0.39, 0.29) is 18.1 Å². The van der Waals surface area contributed by atoms with Crippen molar-refractivity contribution in [2.24, 2.45) is 0 Å². The summed E-state index contributed by atoms with van der Waals surface area (Å²) in [5.74, 6) is -0.335. The van der Waals surface area contributed by atoms with Gasteiger partial charge in [-0.2, -0.15) is 5.10 Å². The van der Waals surface area contributed by atoms with Gasteiger partial charge in [-0.05, 0) is 18.6 Å². The number of carbonyl (C=O) groups is 1. The predicted molar refractivity (Wildman–Crippen MR) is 86.9 cm³/mol. The van der Waals surface area contributed by atoms with E-state index in [1.54, 1.807) is 23.0 Å². The van der Waals surface area contributed by atoms with E-state index < -0.39 is 4.92 Å². The van der Waals surface area contributed by atoms with Gasteiger partial charge in [-0.3, -0.25) is 19.6 Å². The van der Waals surface area contributed by atoms with Gasteiger partial charge in [0.05, 0.1) is 16.5 Å². The second-order valence-electron chi connectivity index (χ2n) is 4.68. The Labute approximate surface area is 137 Å². The van der Waals surface area contributed by atoms with Gasteiger partial charge in [-0.25, -0.2) is 0 Å². The van der Waals surface area contributed by atoms with Crippen molar-refractivity contribution in [3.63, 3.8) is 0 Å². The molecule has 7 nitrogen and oxygen atoms in total. The summed E-state index contributed by atoms with van der Waals surface area (Å²) < 4.78 is 1.68. The number of nitro groups is 1. The van der Waals surface area contributed by atoms with Crippen molar-refractivity contribution < 1.29 is 9.72 Å². The first kappa shape index (κ1) is 16.7. The molecule has 0 radical (unpaired) electrons. The minimum atomic E-state index is -0.483. The summed E-state index contributed by atoms with van der Waals surface area (Å²) in [6, 6.07) is 6.02. The first-order valence-corrected chi connectivity index (χ1v) is 7.29. The lowest BCUT2D eigenvalue weighted by atomic mass is 10.2. The maximum absolute atomic E-state index is 11.8. The van der Waals surface area contributed by atoms with E-state index in [1.807, 2.05) is 6.92 Å². The molecule has 0 fully saturated rings. The fourth-order valence-corrected chi connectivity index (χ4v) is 2.08. The molecule has 1 amide bonds. The van der Waals surface area contributed by atoms with E-state index in [2.05, 4.69) is 10.4 Å². The van der Waals surface area contributed by atoms with Crippen LogP contribution in [0.1, 0.15) is 18.2 Å². The molecule has 2 rings (SSSR count). The second kappa shape index (κ2) is 7.55. The fraction of sp³-hybridized carbons (Fsp3) is 0.200. The molecular weight excluding hydrogens is 320 g/mol. The number of non-ortho nitro benzene ring substituents is 1. The number of amides is 1. The second-order valence-corrected chi connectivity index (χ2v) is 5.09. The van der Waals surface area contributed by atoms with Gasteiger partial charge in [-0.1, -0.05) is 23.7 Å². The van der Waals surface area contributed by atoms with Crippen molar-refractivity contribution >= 4 is 29.3 Å². The highest BCUT2D eigenvalue weighted by Gasteiger charge is 2.07. The number of benzene rings is 1. The van der Waals surface area contributed by atoms with Crippen molar-refractivity contribution in [2.45, 2.75) is 20.0 Å². The quantitative estimate of drug-likeness (QED) is 0.499. The van der Waals surface area contributed by atoms with Gasteiger partial charge in [0.2, 0.25) is 5.91 Å². The molecule has 120 valence electrons. The molecule has 1 heterocycles. The first-order valence-electron chi connectivity index (χ1n) is 6.91. The minimum absolute atomic E-state index is 0.0237. The van der Waals surface area contributed by atoms with Crippen molar-refractivity contribution in [3.8, 4) is 0 Å². The monoisotopic (exact) mass is 334 g/mol. The first-order chi connectivity index (χ1) is 11.0. The number of nitrogens with one attached hydrogen (secondary N) is 1. The van der Waals surface area contributed by atoms with Gasteiger partial charge in [0.1, 0.15) is 5.69 Å². The summed E-state index contributed by atoms with van der Waals surface area (Å²) in [7, 11) is 0. The molecule has 1 aromatic carbocycles. The van der Waals surface area contributed by atoms with Crippen molar-refractivity contribution in [1.82, 2.24) is 15.1 Å². The average Bonchev–Trinajstić information content (AvgIpc) is 2.91. The van der Waals surface area contributed by atoms with Gasteiger partial charge < -0.3 is 5.32 Å². The molecule has 0 unspecified atom stereocenters. The van der Waals surface area contributed by atoms with Crippen LogP contribution in [-0.4, -0.2) is 20.6 Å². The van der Waals surface area contributed by atoms with E-state index >= 15 is 0 Å². The average molecular weight is 335 g/mol. The number of rotatable bonds is 6. The summed E-state index contributed by atoms with van der Waals surface area (Å²) in [5, 5.41) is 18.1. The Morgan fingerprint density at radius 1 is 1.52 bits per heavy atom. The van der Waals surface area contributed by atoms with Gasteiger partial charge in [0, 0.05) is 31.0 Å². The zero-order valence-corrected chi connectivity index (χ0v) is 13.2. The van der Waals surface area contributed by atoms with Crippen LogP contribution in [0.2, 0.25) is 5.02 Å². The molecule has 8 heteroatoms. The third kappa shape index (κ3) is 4.65. The van der Waals surface area contributed by atoms with E-state index in [0.717, 1.165) is 0 Å². The lowest BCUT2D eigenvalue weighted by Gasteiger charge is -2.00. The molecular formula is C15H15ClN4O3. The molecule has 0 saturated heterocycles. The van der Waals surface area contributed by atoms with Crippen LogP contribution in [0.25, 0.3) is 6.08 Å². The normalized spacial score (nSPS) is 10.9. The molecule has 1 N–H and O–H groups in total. The largest absolute Gasteiger partial charge is 0.347 e. The third-order valence-electron chi connectivity index (χ3n) is 3.05. The lowest BCUT2D eigenvalue weighted by Crippen LogP contribution is -2.20. The van der Waals surface area contributed by atoms with Crippen LogP contribution in [0.3, 0.4) is 0 Å². The fourth-order valence-electron chi connectivity index (χ4n) is 1.86. The molecule has 0 aliphatic heterocycles. The van der Waals surface area contributed by atoms with Gasteiger partial charge in [0.15, 0.2) is 0 Å². The zero-order chi connectivity index (χ0) is 16.8. The van der Waals surface area contributed by atoms with E-state index in [4.69, 9.17) is 11.6 Å². The van der Waals surface area contributed by atoms with Crippen LogP contribution in [0, 0.1) is 10.1 Å². The van der Waals surface area contributed by atoms with E-state index in [1.165, 1.54) is 24.3 Å². The highest BCUT2D eigenvalue weighted by atomic mass is 35.5. The molecule has 0 saturated carbocycles. The predicted octanol–water partition coefficient (Wildman–Crippen LogP) is 2.79. The van der Waals surface area contributed by atoms with Gasteiger partial charge >= 0.3 is 0 Å². The smallest absolute Gasteiger partial charge is 0.270 e. The minimum Gasteiger partial charge on any atom is -0.347 e. The maximum Gasteiger partial charge on any atom is 0.270 e. The highest BCUT2D eigenvalue weighted by molar-refractivity contribution is 6.31. The molecule has 0 aliphatic carbocycles. The van der Waals surface area contributed by atoms with Crippen LogP contribution in [-0.2, 0) is 17.9 Å². The number of hydrogen-bond donors (Lipinski definition) is 1. The molecule has 0 aliphatic rings. The van der Waals surface area contributed by atoms with Crippen LogP contribution in [0.4, 0.5) is 5.69 Å². The molecule has 0 atom stereocenters. The van der Waals surface area contributed by atoms with Crippen LogP contribution in [0.15, 0.2) is 36.5 Å². The van der Waals surface area contributed by atoms with Crippen molar-refractivity contribution in [1.29, 1.82) is 0 Å². The van der Waals surface area contributed by atoms with E-state index in [0.29, 0.717) is 22.8 Å². The number of halogens is 1. The number of nitrogens with zero attached hydrogens (tertiary/aromatic N) is 3. The summed E-state index contributed by atoms with van der Waals surface area (Å²) in [4.78, 5) is 22.0.